The number of ether oxygens (including phenoxy) is 1. The lowest BCUT2D eigenvalue weighted by Gasteiger charge is -2.28. The summed E-state index contributed by atoms with van der Waals surface area (Å²) < 4.78 is 33.3. The molecule has 13 nitrogen and oxygen atoms in total. The zero-order valence-electron chi connectivity index (χ0n) is 30.1. The first-order valence-electron chi connectivity index (χ1n) is 18.3. The predicted molar refractivity (Wildman–Crippen MR) is 196 cm³/mol. The van der Waals surface area contributed by atoms with Crippen LogP contribution in [-0.4, -0.2) is 72.0 Å². The molecule has 3 N–H and O–H groups in total. The molecule has 0 spiro atoms. The van der Waals surface area contributed by atoms with Gasteiger partial charge in [0, 0.05) is 35.6 Å². The molecule has 2 saturated carbocycles. The van der Waals surface area contributed by atoms with Crippen LogP contribution in [0.15, 0.2) is 77.5 Å². The number of rotatable bonds is 6. The van der Waals surface area contributed by atoms with Crippen molar-refractivity contribution in [3.8, 4) is 11.1 Å². The van der Waals surface area contributed by atoms with Crippen LogP contribution in [-0.2, 0) is 34.0 Å². The van der Waals surface area contributed by atoms with E-state index in [0.29, 0.717) is 31.4 Å². The van der Waals surface area contributed by atoms with Gasteiger partial charge in [-0.05, 0) is 76.5 Å². The lowest BCUT2D eigenvalue weighted by molar-refractivity contribution is -0.134. The van der Waals surface area contributed by atoms with Gasteiger partial charge in [0.15, 0.2) is 0 Å². The molecule has 1 heterocycles. The minimum atomic E-state index is -3.89. The van der Waals surface area contributed by atoms with Crippen LogP contribution in [0, 0.1) is 11.8 Å². The summed E-state index contributed by atoms with van der Waals surface area (Å²) in [4.78, 5) is 61.4. The molecule has 0 saturated heterocycles. The molecule has 4 atom stereocenters. The van der Waals surface area contributed by atoms with Crippen LogP contribution in [0.1, 0.15) is 83.3 Å². The number of fused-ring (bicyclic) bond motifs is 5. The number of carbonyl (C=O) groups is 4. The second kappa shape index (κ2) is 14.1. The van der Waals surface area contributed by atoms with E-state index in [1.165, 1.54) is 0 Å². The fourth-order valence-corrected chi connectivity index (χ4v) is 8.58. The molecule has 0 unspecified atom stereocenters. The number of hydrazine groups is 1. The Balaban J connectivity index is 1.20. The quantitative estimate of drug-likeness (QED) is 0.242. The SMILES string of the molecule is CC(C)(C)OC(=O)NN1CCCCC/C=C\[C@H]2C[C@@]2(C(=O)NS(=O)(=O)C2CC2)NC(=O)[C@@H]2C[C@@H](ON=C3c4ccccc4-c4ccccc43)C=C2C1=O. The zero-order chi connectivity index (χ0) is 37.5. The molecule has 14 heteroatoms. The number of nitrogens with one attached hydrogen (secondary N) is 3. The number of carbonyl (C=O) groups excluding carboxylic acids is 4. The Kier molecular flexibility index (Phi) is 9.68. The van der Waals surface area contributed by atoms with E-state index in [9.17, 15) is 27.6 Å². The number of nitrogens with zero attached hydrogens (tertiary/aromatic N) is 2. The van der Waals surface area contributed by atoms with Crippen LogP contribution < -0.4 is 15.5 Å². The highest BCUT2D eigenvalue weighted by Gasteiger charge is 2.62. The molecule has 0 radical (unpaired) electrons. The maximum absolute atomic E-state index is 14.4. The summed E-state index contributed by atoms with van der Waals surface area (Å²) in [5.74, 6) is -3.60. The van der Waals surface area contributed by atoms with Gasteiger partial charge in [0.1, 0.15) is 23.0 Å². The number of oxime groups is 1. The topological polar surface area (TPSA) is 173 Å². The molecule has 2 aromatic rings. The van der Waals surface area contributed by atoms with Gasteiger partial charge in [-0.2, -0.15) is 0 Å². The van der Waals surface area contributed by atoms with Gasteiger partial charge in [0.25, 0.3) is 11.8 Å². The Morgan fingerprint density at radius 2 is 1.62 bits per heavy atom. The van der Waals surface area contributed by atoms with E-state index in [4.69, 9.17) is 9.57 Å². The summed E-state index contributed by atoms with van der Waals surface area (Å²) in [6.07, 6.45) is 7.58. The maximum atomic E-state index is 14.4. The van der Waals surface area contributed by atoms with Gasteiger partial charge in [-0.15, -0.1) is 0 Å². The number of sulfonamides is 1. The molecule has 7 rings (SSSR count). The second-order valence-corrected chi connectivity index (χ2v) is 17.3. The van der Waals surface area contributed by atoms with Crippen molar-refractivity contribution in [3.05, 3.63) is 83.5 Å². The highest BCUT2D eigenvalue weighted by molar-refractivity contribution is 7.91. The van der Waals surface area contributed by atoms with Crippen LogP contribution in [0.2, 0.25) is 0 Å². The van der Waals surface area contributed by atoms with E-state index < -0.39 is 68.2 Å². The minimum Gasteiger partial charge on any atom is -0.443 e. The van der Waals surface area contributed by atoms with E-state index >= 15 is 0 Å². The zero-order valence-corrected chi connectivity index (χ0v) is 30.9. The van der Waals surface area contributed by atoms with Crippen molar-refractivity contribution in [1.82, 2.24) is 20.5 Å². The van der Waals surface area contributed by atoms with Crippen molar-refractivity contribution in [2.24, 2.45) is 17.0 Å². The van der Waals surface area contributed by atoms with E-state index in [2.05, 4.69) is 20.6 Å². The monoisotopic (exact) mass is 743 g/mol. The molecular formula is C39H45N5O8S. The summed E-state index contributed by atoms with van der Waals surface area (Å²) >= 11 is 0. The Morgan fingerprint density at radius 3 is 2.26 bits per heavy atom. The van der Waals surface area contributed by atoms with E-state index in [0.717, 1.165) is 40.1 Å². The van der Waals surface area contributed by atoms with Crippen LogP contribution in [0.25, 0.3) is 11.1 Å². The minimum absolute atomic E-state index is 0.00579. The summed E-state index contributed by atoms with van der Waals surface area (Å²) in [5, 5.41) is 7.96. The standard InChI is InChI=1S/C39H45N5O8S/c1-38(2,3)51-37(48)41-44-20-12-6-4-5-7-13-24-23-39(24,36(47)43-53(49,50)26-18-19-26)40-34(45)31-21-25(22-32(31)35(44)46)52-42-33-29-16-10-8-14-27(29)28-15-9-11-17-30(28)33/h7-11,13-17,22,24-26,31H,4-6,12,18-21,23H2,1-3H3,(H,40,45)(H,41,48)(H,43,47)/b13-7-/t24-,25+,31+,39+/m0/s1. The first-order valence-corrected chi connectivity index (χ1v) is 19.8. The fourth-order valence-electron chi connectivity index (χ4n) is 7.21. The Labute approximate surface area is 309 Å². The third-order valence-corrected chi connectivity index (χ3v) is 12.0. The van der Waals surface area contributed by atoms with Crippen molar-refractivity contribution in [2.45, 2.75) is 94.6 Å². The number of amides is 4. The molecule has 2 aromatic carbocycles. The van der Waals surface area contributed by atoms with Gasteiger partial charge in [-0.3, -0.25) is 19.1 Å². The molecule has 280 valence electrons. The molecule has 4 amide bonds. The number of benzene rings is 2. The summed E-state index contributed by atoms with van der Waals surface area (Å²) in [6.45, 7) is 5.30. The first kappa shape index (κ1) is 36.4. The highest BCUT2D eigenvalue weighted by Crippen LogP contribution is 2.46. The normalized spacial score (nSPS) is 26.2. The molecule has 53 heavy (non-hydrogen) atoms. The van der Waals surface area contributed by atoms with E-state index in [1.807, 2.05) is 60.7 Å². The lowest BCUT2D eigenvalue weighted by atomic mass is 9.98. The second-order valence-electron chi connectivity index (χ2n) is 15.4. The smallest absolute Gasteiger partial charge is 0.426 e. The summed E-state index contributed by atoms with van der Waals surface area (Å²) in [7, 11) is -3.89. The molecule has 0 aromatic heterocycles. The van der Waals surface area contributed by atoms with E-state index in [-0.39, 0.29) is 25.0 Å². The highest BCUT2D eigenvalue weighted by atomic mass is 32.2. The summed E-state index contributed by atoms with van der Waals surface area (Å²) in [5.41, 5.74) is 4.72. The molecular weight excluding hydrogens is 699 g/mol. The summed E-state index contributed by atoms with van der Waals surface area (Å²) in [6, 6.07) is 15.7. The molecule has 1 aliphatic heterocycles. The van der Waals surface area contributed by atoms with Crippen molar-refractivity contribution < 1.29 is 37.2 Å². The van der Waals surface area contributed by atoms with Gasteiger partial charge in [-0.25, -0.2) is 23.6 Å². The predicted octanol–water partition coefficient (Wildman–Crippen LogP) is 4.63. The lowest BCUT2D eigenvalue weighted by Crippen LogP contribution is -2.54. The van der Waals surface area contributed by atoms with E-state index in [1.54, 1.807) is 26.8 Å². The largest absolute Gasteiger partial charge is 0.443 e. The Morgan fingerprint density at radius 1 is 0.962 bits per heavy atom. The van der Waals surface area contributed by atoms with Gasteiger partial charge < -0.3 is 14.9 Å². The van der Waals surface area contributed by atoms with Gasteiger partial charge in [0.2, 0.25) is 15.9 Å². The number of allylic oxidation sites excluding steroid dienone is 1. The van der Waals surface area contributed by atoms with Crippen molar-refractivity contribution >= 4 is 39.5 Å². The first-order chi connectivity index (χ1) is 25.3. The van der Waals surface area contributed by atoms with Gasteiger partial charge in [-0.1, -0.05) is 72.3 Å². The maximum Gasteiger partial charge on any atom is 0.426 e. The van der Waals surface area contributed by atoms with Crippen LogP contribution in [0.4, 0.5) is 4.79 Å². The van der Waals surface area contributed by atoms with Gasteiger partial charge >= 0.3 is 6.09 Å². The molecule has 2 fully saturated rings. The van der Waals surface area contributed by atoms with Crippen molar-refractivity contribution in [1.29, 1.82) is 0 Å². The Bertz CT molecular complexity index is 1980. The van der Waals surface area contributed by atoms with Crippen LogP contribution in [0.3, 0.4) is 0 Å². The third kappa shape index (κ3) is 7.73. The van der Waals surface area contributed by atoms with Gasteiger partial charge in [0.05, 0.1) is 11.2 Å². The van der Waals surface area contributed by atoms with Crippen LogP contribution in [0.5, 0.6) is 0 Å². The number of hydrogen-bond donors (Lipinski definition) is 3. The molecule has 5 aliphatic rings. The average molecular weight is 744 g/mol. The molecule has 4 aliphatic carbocycles. The van der Waals surface area contributed by atoms with Crippen LogP contribution >= 0.6 is 0 Å². The van der Waals surface area contributed by atoms with Crippen molar-refractivity contribution in [2.75, 3.05) is 6.54 Å². The van der Waals surface area contributed by atoms with Crippen molar-refractivity contribution in [3.63, 3.8) is 0 Å². The molecule has 0 bridgehead atoms. The average Bonchev–Trinajstić information content (AvgIpc) is 4.01. The number of hydrogen-bond acceptors (Lipinski definition) is 9. The fraction of sp³-hybridized carbons (Fsp3) is 0.462. The third-order valence-electron chi connectivity index (χ3n) is 10.2. The Hall–Kier alpha value is -4.98.